The first-order chi connectivity index (χ1) is 11.1. The fourth-order valence-electron chi connectivity index (χ4n) is 3.82. The van der Waals surface area contributed by atoms with Crippen LogP contribution in [0.15, 0.2) is 17.4 Å². The molecular weight excluding hydrogens is 286 g/mol. The average Bonchev–Trinajstić information content (AvgIpc) is 3.09. The molecule has 1 saturated heterocycles. The number of hydrogen-bond donors (Lipinski definition) is 1. The van der Waals surface area contributed by atoms with Gasteiger partial charge in [0.2, 0.25) is 0 Å². The maximum atomic E-state index is 4.88. The molecule has 2 heterocycles. The van der Waals surface area contributed by atoms with Crippen molar-refractivity contribution in [2.45, 2.75) is 59.5 Å². The Labute approximate surface area is 140 Å². The van der Waals surface area contributed by atoms with Crippen molar-refractivity contribution in [2.75, 3.05) is 19.6 Å². The van der Waals surface area contributed by atoms with E-state index in [1.807, 2.05) is 6.20 Å². The minimum Gasteiger partial charge on any atom is -0.357 e. The molecule has 23 heavy (non-hydrogen) atoms. The van der Waals surface area contributed by atoms with Crippen molar-refractivity contribution < 1.29 is 0 Å². The zero-order valence-corrected chi connectivity index (χ0v) is 14.9. The van der Waals surface area contributed by atoms with Crippen molar-refractivity contribution in [2.24, 2.45) is 16.3 Å². The molecule has 1 saturated carbocycles. The summed E-state index contributed by atoms with van der Waals surface area (Å²) >= 11 is 0. The normalized spacial score (nSPS) is 20.3. The Morgan fingerprint density at radius 3 is 2.83 bits per heavy atom. The summed E-state index contributed by atoms with van der Waals surface area (Å²) in [5.41, 5.74) is 0.603. The molecule has 0 unspecified atom stereocenters. The third kappa shape index (κ3) is 3.70. The Balaban J connectivity index is 1.66. The predicted octanol–water partition coefficient (Wildman–Crippen LogP) is 2.88. The van der Waals surface area contributed by atoms with Gasteiger partial charge < -0.3 is 14.8 Å². The number of likely N-dealkylation sites (tertiary alicyclic amines) is 1. The molecule has 1 aliphatic heterocycles. The van der Waals surface area contributed by atoms with Crippen LogP contribution >= 0.6 is 0 Å². The molecule has 5 heteroatoms. The lowest BCUT2D eigenvalue weighted by atomic mass is 9.68. The van der Waals surface area contributed by atoms with Crippen molar-refractivity contribution >= 4 is 5.96 Å². The summed E-state index contributed by atoms with van der Waals surface area (Å²) in [6, 6.07) is 0. The number of rotatable bonds is 5. The molecule has 0 bridgehead atoms. The highest BCUT2D eigenvalue weighted by Gasteiger charge is 2.43. The number of guanidine groups is 1. The zero-order chi connectivity index (χ0) is 16.3. The SMILES string of the molecule is CCNC(=NCc1nccn1CC(C)C)N1CCC2(CCC2)C1. The Bertz CT molecular complexity index is 541. The van der Waals surface area contributed by atoms with E-state index >= 15 is 0 Å². The molecular formula is C18H31N5. The van der Waals surface area contributed by atoms with Crippen LogP contribution in [0.1, 0.15) is 52.3 Å². The van der Waals surface area contributed by atoms with E-state index in [0.29, 0.717) is 17.9 Å². The molecule has 2 fully saturated rings. The first-order valence-corrected chi connectivity index (χ1v) is 9.15. The van der Waals surface area contributed by atoms with Crippen LogP contribution in [0, 0.1) is 11.3 Å². The Morgan fingerprint density at radius 2 is 2.22 bits per heavy atom. The Morgan fingerprint density at radius 1 is 1.39 bits per heavy atom. The summed E-state index contributed by atoms with van der Waals surface area (Å²) in [7, 11) is 0. The van der Waals surface area contributed by atoms with Gasteiger partial charge in [-0.3, -0.25) is 0 Å². The molecule has 0 aromatic carbocycles. The minimum atomic E-state index is 0.603. The second-order valence-corrected chi connectivity index (χ2v) is 7.58. The maximum absolute atomic E-state index is 4.88. The van der Waals surface area contributed by atoms with E-state index in [4.69, 9.17) is 4.99 Å². The van der Waals surface area contributed by atoms with Gasteiger partial charge in [0.25, 0.3) is 0 Å². The van der Waals surface area contributed by atoms with Crippen LogP contribution in [0.5, 0.6) is 0 Å². The van der Waals surface area contributed by atoms with E-state index in [-0.39, 0.29) is 0 Å². The Kier molecular flexibility index (Phi) is 4.93. The quantitative estimate of drug-likeness (QED) is 0.671. The molecule has 1 spiro atoms. The highest BCUT2D eigenvalue weighted by molar-refractivity contribution is 5.80. The maximum Gasteiger partial charge on any atom is 0.194 e. The number of hydrogen-bond acceptors (Lipinski definition) is 2. The van der Waals surface area contributed by atoms with Crippen molar-refractivity contribution in [3.05, 3.63) is 18.2 Å². The lowest BCUT2D eigenvalue weighted by Crippen LogP contribution is -2.42. The average molecular weight is 317 g/mol. The molecule has 0 amide bonds. The van der Waals surface area contributed by atoms with E-state index in [1.54, 1.807) is 0 Å². The van der Waals surface area contributed by atoms with Gasteiger partial charge in [-0.05, 0) is 37.5 Å². The Hall–Kier alpha value is -1.52. The van der Waals surface area contributed by atoms with Gasteiger partial charge in [-0.1, -0.05) is 20.3 Å². The molecule has 5 nitrogen and oxygen atoms in total. The van der Waals surface area contributed by atoms with Gasteiger partial charge in [-0.2, -0.15) is 0 Å². The summed E-state index contributed by atoms with van der Waals surface area (Å²) in [6.45, 7) is 11.5. The minimum absolute atomic E-state index is 0.603. The van der Waals surface area contributed by atoms with Crippen LogP contribution in [-0.2, 0) is 13.1 Å². The second-order valence-electron chi connectivity index (χ2n) is 7.58. The van der Waals surface area contributed by atoms with Gasteiger partial charge in [0.05, 0.1) is 0 Å². The lowest BCUT2D eigenvalue weighted by molar-refractivity contribution is 0.151. The van der Waals surface area contributed by atoms with Crippen LogP contribution in [0.3, 0.4) is 0 Å². The number of imidazole rings is 1. The van der Waals surface area contributed by atoms with Crippen LogP contribution in [0.25, 0.3) is 0 Å². The fraction of sp³-hybridized carbons (Fsp3) is 0.778. The van der Waals surface area contributed by atoms with Crippen molar-refractivity contribution in [1.29, 1.82) is 0 Å². The molecule has 0 atom stereocenters. The molecule has 0 radical (unpaired) electrons. The molecule has 1 aliphatic carbocycles. The number of aromatic nitrogens is 2. The lowest BCUT2D eigenvalue weighted by Gasteiger charge is -2.38. The van der Waals surface area contributed by atoms with Crippen LogP contribution in [-0.4, -0.2) is 40.0 Å². The topological polar surface area (TPSA) is 45.5 Å². The zero-order valence-electron chi connectivity index (χ0n) is 14.9. The van der Waals surface area contributed by atoms with Crippen molar-refractivity contribution in [1.82, 2.24) is 19.8 Å². The molecule has 128 valence electrons. The van der Waals surface area contributed by atoms with E-state index < -0.39 is 0 Å². The molecule has 2 aliphatic rings. The summed E-state index contributed by atoms with van der Waals surface area (Å²) in [4.78, 5) is 11.8. The van der Waals surface area contributed by atoms with Gasteiger partial charge in [-0.15, -0.1) is 0 Å². The first kappa shape index (κ1) is 16.3. The van der Waals surface area contributed by atoms with Crippen LogP contribution < -0.4 is 5.32 Å². The summed E-state index contributed by atoms with van der Waals surface area (Å²) in [5, 5.41) is 3.47. The standard InChI is InChI=1S/C18H31N5/c1-4-19-17(23-10-8-18(14-23)6-5-7-18)21-12-16-20-9-11-22(16)13-15(2)3/h9,11,15H,4-8,10,12-14H2,1-3H3,(H,19,21). The van der Waals surface area contributed by atoms with E-state index in [1.165, 1.54) is 32.2 Å². The van der Waals surface area contributed by atoms with E-state index in [9.17, 15) is 0 Å². The smallest absolute Gasteiger partial charge is 0.194 e. The second kappa shape index (κ2) is 6.93. The summed E-state index contributed by atoms with van der Waals surface area (Å²) in [5.74, 6) is 2.75. The number of nitrogens with zero attached hydrogens (tertiary/aromatic N) is 4. The number of nitrogens with one attached hydrogen (secondary N) is 1. The van der Waals surface area contributed by atoms with Gasteiger partial charge in [-0.25, -0.2) is 9.98 Å². The van der Waals surface area contributed by atoms with Gasteiger partial charge in [0, 0.05) is 38.6 Å². The first-order valence-electron chi connectivity index (χ1n) is 9.15. The molecule has 1 aromatic heterocycles. The number of aliphatic imine (C=N–C) groups is 1. The van der Waals surface area contributed by atoms with Crippen molar-refractivity contribution in [3.8, 4) is 0 Å². The molecule has 1 aromatic rings. The molecule has 3 rings (SSSR count). The predicted molar refractivity (Wildman–Crippen MR) is 94.4 cm³/mol. The van der Waals surface area contributed by atoms with Crippen molar-refractivity contribution in [3.63, 3.8) is 0 Å². The highest BCUT2D eigenvalue weighted by Crippen LogP contribution is 2.47. The van der Waals surface area contributed by atoms with E-state index in [2.05, 4.69) is 46.7 Å². The largest absolute Gasteiger partial charge is 0.357 e. The van der Waals surface area contributed by atoms with Gasteiger partial charge in [0.15, 0.2) is 5.96 Å². The summed E-state index contributed by atoms with van der Waals surface area (Å²) in [6.07, 6.45) is 9.51. The van der Waals surface area contributed by atoms with Gasteiger partial charge in [0.1, 0.15) is 12.4 Å². The highest BCUT2D eigenvalue weighted by atomic mass is 15.3. The molecule has 1 N–H and O–H groups in total. The van der Waals surface area contributed by atoms with Crippen LogP contribution in [0.4, 0.5) is 0 Å². The monoisotopic (exact) mass is 317 g/mol. The van der Waals surface area contributed by atoms with Crippen LogP contribution in [0.2, 0.25) is 0 Å². The fourth-order valence-corrected chi connectivity index (χ4v) is 3.82. The third-order valence-corrected chi connectivity index (χ3v) is 5.22. The third-order valence-electron chi connectivity index (χ3n) is 5.22. The van der Waals surface area contributed by atoms with E-state index in [0.717, 1.165) is 31.4 Å². The van der Waals surface area contributed by atoms with Gasteiger partial charge >= 0.3 is 0 Å². The summed E-state index contributed by atoms with van der Waals surface area (Å²) < 4.78 is 2.23.